The van der Waals surface area contributed by atoms with E-state index in [-0.39, 0.29) is 32.8 Å². The van der Waals surface area contributed by atoms with E-state index in [0.29, 0.717) is 32.8 Å². The zero-order valence-electron chi connectivity index (χ0n) is 22.1. The SMILES string of the molecule is CCOC(=O)/C(S/C(C#N)=C(/C#N)S/C(C(=O)OCC)=C(\C)Nc1ccc(Cl)cc1)=C(/C)Nc1ccc(Cl)cc1. The fourth-order valence-corrected chi connectivity index (χ4v) is 4.96. The Hall–Kier alpha value is -3.54. The van der Waals surface area contributed by atoms with E-state index in [1.54, 1.807) is 76.2 Å². The van der Waals surface area contributed by atoms with E-state index in [1.165, 1.54) is 0 Å². The van der Waals surface area contributed by atoms with Gasteiger partial charge in [0, 0.05) is 32.8 Å². The van der Waals surface area contributed by atoms with Crippen molar-refractivity contribution in [3.63, 3.8) is 0 Å². The second-order valence-electron chi connectivity index (χ2n) is 7.70. The molecule has 0 fully saturated rings. The lowest BCUT2D eigenvalue weighted by atomic mass is 10.3. The van der Waals surface area contributed by atoms with Crippen molar-refractivity contribution in [3.05, 3.63) is 89.6 Å². The predicted octanol–water partition coefficient (Wildman–Crippen LogP) is 7.83. The number of hydrogen-bond acceptors (Lipinski definition) is 10. The molecule has 8 nitrogen and oxygen atoms in total. The molecule has 2 N–H and O–H groups in total. The van der Waals surface area contributed by atoms with E-state index in [0.717, 1.165) is 23.5 Å². The fourth-order valence-electron chi connectivity index (χ4n) is 2.99. The summed E-state index contributed by atoms with van der Waals surface area (Å²) < 4.78 is 10.4. The molecule has 0 aliphatic heterocycles. The van der Waals surface area contributed by atoms with Gasteiger partial charge >= 0.3 is 11.9 Å². The third kappa shape index (κ3) is 9.89. The van der Waals surface area contributed by atoms with Crippen molar-refractivity contribution in [2.45, 2.75) is 27.7 Å². The van der Waals surface area contributed by atoms with Crippen molar-refractivity contribution in [2.24, 2.45) is 0 Å². The zero-order chi connectivity index (χ0) is 29.7. The van der Waals surface area contributed by atoms with Gasteiger partial charge in [0.05, 0.1) is 13.2 Å². The molecule has 208 valence electrons. The minimum Gasteiger partial charge on any atom is -0.462 e. The first-order valence-corrected chi connectivity index (χ1v) is 14.2. The van der Waals surface area contributed by atoms with Gasteiger partial charge in [-0.15, -0.1) is 0 Å². The van der Waals surface area contributed by atoms with Crippen LogP contribution < -0.4 is 10.6 Å². The molecule has 12 heteroatoms. The normalized spacial score (nSPS) is 12.5. The lowest BCUT2D eigenvalue weighted by Gasteiger charge is -2.15. The van der Waals surface area contributed by atoms with E-state index in [9.17, 15) is 20.1 Å². The number of nitriles is 2. The molecule has 2 rings (SSSR count). The van der Waals surface area contributed by atoms with Gasteiger partial charge in [-0.05, 0) is 76.2 Å². The van der Waals surface area contributed by atoms with E-state index >= 15 is 0 Å². The molecular weight excluding hydrogens is 591 g/mol. The highest BCUT2D eigenvalue weighted by molar-refractivity contribution is 8.11. The maximum atomic E-state index is 12.9. The Balaban J connectivity index is 2.52. The first-order valence-electron chi connectivity index (χ1n) is 11.8. The van der Waals surface area contributed by atoms with Gasteiger partial charge in [0.1, 0.15) is 31.8 Å². The summed E-state index contributed by atoms with van der Waals surface area (Å²) in [6, 6.07) is 17.6. The number of carbonyl (C=O) groups is 2. The minimum absolute atomic E-state index is 0.0689. The molecule has 0 aliphatic rings. The number of rotatable bonds is 12. The van der Waals surface area contributed by atoms with Crippen LogP contribution in [0.3, 0.4) is 0 Å². The number of anilines is 2. The van der Waals surface area contributed by atoms with E-state index in [2.05, 4.69) is 10.6 Å². The Morgan fingerprint density at radius 2 is 1.05 bits per heavy atom. The van der Waals surface area contributed by atoms with Crippen molar-refractivity contribution in [2.75, 3.05) is 23.8 Å². The first kappa shape index (κ1) is 32.7. The van der Waals surface area contributed by atoms with Crippen LogP contribution in [0.5, 0.6) is 0 Å². The van der Waals surface area contributed by atoms with Gasteiger partial charge in [0.2, 0.25) is 0 Å². The van der Waals surface area contributed by atoms with Crippen LogP contribution >= 0.6 is 46.7 Å². The molecule has 0 aliphatic carbocycles. The standard InChI is InChI=1S/C28H26Cl2N4O4S2/c1-5-37-27(35)25(17(3)33-21-11-7-19(29)8-12-21)39-23(15-31)24(16-32)40-26(28(36)38-6-2)18(4)34-22-13-9-20(30)10-14-22/h7-14,33-34H,5-6H2,1-4H3/b24-23-,25-17+,26-18+. The molecule has 0 atom stereocenters. The van der Waals surface area contributed by atoms with E-state index in [4.69, 9.17) is 32.7 Å². The highest BCUT2D eigenvalue weighted by Crippen LogP contribution is 2.38. The molecule has 2 aromatic rings. The van der Waals surface area contributed by atoms with Crippen LogP contribution in [0.25, 0.3) is 0 Å². The topological polar surface area (TPSA) is 124 Å². The van der Waals surface area contributed by atoms with Gasteiger partial charge in [-0.25, -0.2) is 9.59 Å². The Morgan fingerprint density at radius 3 is 1.32 bits per heavy atom. The van der Waals surface area contributed by atoms with Crippen molar-refractivity contribution < 1.29 is 19.1 Å². The summed E-state index contributed by atoms with van der Waals surface area (Å²) in [4.78, 5) is 25.6. The second-order valence-corrected chi connectivity index (χ2v) is 10.6. The van der Waals surface area contributed by atoms with Crippen LogP contribution in [-0.4, -0.2) is 25.2 Å². The molecule has 0 saturated carbocycles. The molecule has 0 bridgehead atoms. The van der Waals surface area contributed by atoms with Crippen LogP contribution in [0, 0.1) is 22.7 Å². The van der Waals surface area contributed by atoms with Gasteiger partial charge < -0.3 is 20.1 Å². The molecule has 0 unspecified atom stereocenters. The summed E-state index contributed by atoms with van der Waals surface area (Å²) in [6.07, 6.45) is 0. The quantitative estimate of drug-likeness (QED) is 0.138. The summed E-state index contributed by atoms with van der Waals surface area (Å²) in [5.74, 6) is -1.36. The number of nitrogens with one attached hydrogen (secondary N) is 2. The summed E-state index contributed by atoms with van der Waals surface area (Å²) in [6.45, 7) is 6.82. The Kier molecular flexibility index (Phi) is 13.5. The number of thioether (sulfide) groups is 2. The van der Waals surface area contributed by atoms with Gasteiger partial charge in [0.15, 0.2) is 0 Å². The maximum Gasteiger partial charge on any atom is 0.346 e. The van der Waals surface area contributed by atoms with Crippen LogP contribution in [0.1, 0.15) is 27.7 Å². The largest absolute Gasteiger partial charge is 0.462 e. The zero-order valence-corrected chi connectivity index (χ0v) is 25.3. The average Bonchev–Trinajstić information content (AvgIpc) is 2.93. The molecule has 0 aromatic heterocycles. The van der Waals surface area contributed by atoms with Crippen molar-refractivity contribution in [3.8, 4) is 12.1 Å². The van der Waals surface area contributed by atoms with Crippen molar-refractivity contribution in [1.29, 1.82) is 10.5 Å². The number of nitrogens with zero attached hydrogens (tertiary/aromatic N) is 2. The highest BCUT2D eigenvalue weighted by atomic mass is 35.5. The Morgan fingerprint density at radius 1 is 0.725 bits per heavy atom. The van der Waals surface area contributed by atoms with E-state index in [1.807, 2.05) is 12.1 Å². The monoisotopic (exact) mass is 616 g/mol. The third-order valence-corrected chi connectivity index (χ3v) is 7.76. The number of hydrogen-bond donors (Lipinski definition) is 2. The number of carbonyl (C=O) groups excluding carboxylic acids is 2. The molecule has 0 radical (unpaired) electrons. The van der Waals surface area contributed by atoms with Crippen LogP contribution in [0.15, 0.2) is 79.5 Å². The Labute approximate surface area is 252 Å². The van der Waals surface area contributed by atoms with Crippen LogP contribution in [0.2, 0.25) is 10.0 Å². The van der Waals surface area contributed by atoms with Crippen molar-refractivity contribution in [1.82, 2.24) is 0 Å². The van der Waals surface area contributed by atoms with Gasteiger partial charge in [-0.3, -0.25) is 0 Å². The van der Waals surface area contributed by atoms with Crippen LogP contribution in [-0.2, 0) is 19.1 Å². The summed E-state index contributed by atoms with van der Waals surface area (Å²) >= 11 is 13.5. The van der Waals surface area contributed by atoms with Gasteiger partial charge in [-0.1, -0.05) is 46.7 Å². The first-order chi connectivity index (χ1) is 19.1. The lowest BCUT2D eigenvalue weighted by Crippen LogP contribution is -2.12. The van der Waals surface area contributed by atoms with Gasteiger partial charge in [0.25, 0.3) is 0 Å². The third-order valence-electron chi connectivity index (χ3n) is 4.77. The number of halogens is 2. The molecule has 2 aromatic carbocycles. The number of esters is 2. The predicted molar refractivity (Wildman–Crippen MR) is 162 cm³/mol. The minimum atomic E-state index is -0.678. The van der Waals surface area contributed by atoms with Crippen LogP contribution in [0.4, 0.5) is 11.4 Å². The number of benzene rings is 2. The smallest absolute Gasteiger partial charge is 0.346 e. The second kappa shape index (κ2) is 16.5. The number of ether oxygens (including phenoxy) is 2. The van der Waals surface area contributed by atoms with Crippen molar-refractivity contribution >= 4 is 70.0 Å². The molecule has 0 saturated heterocycles. The Bertz CT molecular complexity index is 1300. The molecule has 0 spiro atoms. The summed E-state index contributed by atoms with van der Waals surface area (Å²) in [5, 5.41) is 27.2. The van der Waals surface area contributed by atoms with Gasteiger partial charge in [-0.2, -0.15) is 10.5 Å². The molecular formula is C28H26Cl2N4O4S2. The number of allylic oxidation sites excluding steroid dienone is 4. The van der Waals surface area contributed by atoms with E-state index < -0.39 is 11.9 Å². The molecule has 0 heterocycles. The molecule has 0 amide bonds. The molecule has 40 heavy (non-hydrogen) atoms. The average molecular weight is 618 g/mol. The maximum absolute atomic E-state index is 12.9. The summed E-state index contributed by atoms with van der Waals surface area (Å²) in [5.41, 5.74) is 2.08. The lowest BCUT2D eigenvalue weighted by molar-refractivity contribution is -0.138. The fraction of sp³-hybridized carbons (Fsp3) is 0.214. The highest BCUT2D eigenvalue weighted by Gasteiger charge is 2.24. The summed E-state index contributed by atoms with van der Waals surface area (Å²) in [7, 11) is 0.